The highest BCUT2D eigenvalue weighted by atomic mass is 32.1. The first-order valence-corrected chi connectivity index (χ1v) is 3.96. The monoisotopic (exact) mass is 171 g/mol. The van der Waals surface area contributed by atoms with Gasteiger partial charge in [0.1, 0.15) is 0 Å². The van der Waals surface area contributed by atoms with Crippen molar-refractivity contribution in [3.63, 3.8) is 0 Å². The van der Waals surface area contributed by atoms with E-state index in [0.29, 0.717) is 6.42 Å². The number of carboxylic acid groups (broad SMARTS) is 1. The van der Waals surface area contributed by atoms with Gasteiger partial charge in [0.25, 0.3) is 0 Å². The average Bonchev–Trinajstić information content (AvgIpc) is 2.37. The van der Waals surface area contributed by atoms with Crippen LogP contribution in [0.1, 0.15) is 14.5 Å². The molecule has 0 saturated carbocycles. The maximum Gasteiger partial charge on any atom is 0.0815 e. The number of carbonyl (C=O) groups is 1. The number of hydrogen-bond donors (Lipinski definition) is 1. The normalized spacial score (nSPS) is 9.91. The van der Waals surface area contributed by atoms with Gasteiger partial charge in [-0.05, 0) is 12.1 Å². The Morgan fingerprint density at radius 3 is 2.82 bits per heavy atom. The molecule has 0 unspecified atom stereocenters. The molecule has 0 aromatic carbocycles. The fourth-order valence-electron chi connectivity index (χ4n) is 0.732. The smallest absolute Gasteiger partial charge is 0.0815 e. The maximum absolute atomic E-state index is 10.3. The summed E-state index contributed by atoms with van der Waals surface area (Å²) < 4.78 is 0. The molecule has 0 saturated heterocycles. The number of carboxylic acids is 1. The predicted molar refractivity (Wildman–Crippen MR) is 39.4 cm³/mol. The van der Waals surface area contributed by atoms with Gasteiger partial charge in [0.2, 0.25) is 0 Å². The van der Waals surface area contributed by atoms with Crippen molar-refractivity contribution in [2.45, 2.75) is 6.42 Å². The summed E-state index contributed by atoms with van der Waals surface area (Å²) in [5.41, 5.74) is 0. The van der Waals surface area contributed by atoms with Gasteiger partial charge in [-0.15, -0.1) is 11.3 Å². The van der Waals surface area contributed by atoms with Gasteiger partial charge in [-0.2, -0.15) is 0 Å². The van der Waals surface area contributed by atoms with Gasteiger partial charge in [-0.3, -0.25) is 0 Å². The van der Waals surface area contributed by atoms with Crippen molar-refractivity contribution in [3.8, 4) is 0 Å². The van der Waals surface area contributed by atoms with E-state index in [1.807, 2.05) is 0 Å². The van der Waals surface area contributed by atoms with E-state index in [9.17, 15) is 9.90 Å². The van der Waals surface area contributed by atoms with Gasteiger partial charge in [-0.25, -0.2) is 0 Å². The Morgan fingerprint density at radius 2 is 2.36 bits per heavy atom. The van der Waals surface area contributed by atoms with Crippen LogP contribution in [0, 0.1) is 0 Å². The van der Waals surface area contributed by atoms with E-state index in [2.05, 4.69) is 0 Å². The van der Waals surface area contributed by atoms with Crippen LogP contribution < -0.4 is 5.11 Å². The van der Waals surface area contributed by atoms with Crippen LogP contribution in [-0.4, -0.2) is 17.7 Å². The first-order chi connectivity index (χ1) is 5.24. The van der Waals surface area contributed by atoms with Crippen LogP contribution in [0.2, 0.25) is 0 Å². The molecule has 0 aliphatic carbocycles. The van der Waals surface area contributed by atoms with Gasteiger partial charge >= 0.3 is 0 Å². The molecule has 0 spiro atoms. The molecule has 4 heteroatoms. The summed E-state index contributed by atoms with van der Waals surface area (Å²) >= 11 is 1.14. The van der Waals surface area contributed by atoms with Crippen LogP contribution in [-0.2, 0) is 6.42 Å². The molecule has 11 heavy (non-hydrogen) atoms. The Bertz CT molecular complexity index is 254. The van der Waals surface area contributed by atoms with Gasteiger partial charge < -0.3 is 15.0 Å². The fourth-order valence-corrected chi connectivity index (χ4v) is 1.56. The number of carbonyl (C=O) groups excluding carboxylic acids is 1. The molecular weight excluding hydrogens is 164 g/mol. The molecule has 3 nitrogen and oxygen atoms in total. The molecule has 1 aromatic rings. The van der Waals surface area contributed by atoms with Crippen molar-refractivity contribution in [3.05, 3.63) is 21.9 Å². The van der Waals surface area contributed by atoms with E-state index in [-0.39, 0.29) is 11.5 Å². The molecule has 0 amide bonds. The molecular formula is C7H7O3S-. The van der Waals surface area contributed by atoms with E-state index >= 15 is 0 Å². The fraction of sp³-hybridized carbons (Fsp3) is 0.286. The van der Waals surface area contributed by atoms with Gasteiger partial charge in [0, 0.05) is 17.9 Å². The molecule has 0 aliphatic rings. The summed E-state index contributed by atoms with van der Waals surface area (Å²) in [5.74, 6) is -1.15. The van der Waals surface area contributed by atoms with Crippen molar-refractivity contribution in [2.75, 3.05) is 6.61 Å². The minimum atomic E-state index is -1.15. The largest absolute Gasteiger partial charge is 0.544 e. The summed E-state index contributed by atoms with van der Waals surface area (Å²) in [4.78, 5) is 11.3. The molecule has 0 fully saturated rings. The van der Waals surface area contributed by atoms with E-state index in [1.165, 1.54) is 6.07 Å². The molecule has 0 bridgehead atoms. The lowest BCUT2D eigenvalue weighted by molar-refractivity contribution is -0.254. The first-order valence-electron chi connectivity index (χ1n) is 3.15. The third-order valence-corrected chi connectivity index (χ3v) is 2.35. The Labute approximate surface area is 67.9 Å². The summed E-state index contributed by atoms with van der Waals surface area (Å²) in [5, 5.41) is 18.8. The van der Waals surface area contributed by atoms with Gasteiger partial charge in [0.15, 0.2) is 0 Å². The lowest BCUT2D eigenvalue weighted by atomic mass is 10.3. The minimum Gasteiger partial charge on any atom is -0.544 e. The molecule has 0 atom stereocenters. The van der Waals surface area contributed by atoms with Crippen LogP contribution in [0.5, 0.6) is 0 Å². The zero-order valence-electron chi connectivity index (χ0n) is 5.74. The van der Waals surface area contributed by atoms with Crippen LogP contribution in [0.3, 0.4) is 0 Å². The van der Waals surface area contributed by atoms with Crippen LogP contribution in [0.4, 0.5) is 0 Å². The van der Waals surface area contributed by atoms with Crippen LogP contribution in [0.25, 0.3) is 0 Å². The number of aromatic carboxylic acids is 1. The standard InChI is InChI=1S/C7H8O3S/c8-4-3-5-1-2-6(11-5)7(9)10/h1-2,8H,3-4H2,(H,9,10)/p-1. The Hall–Kier alpha value is -0.870. The van der Waals surface area contributed by atoms with Crippen LogP contribution >= 0.6 is 11.3 Å². The summed E-state index contributed by atoms with van der Waals surface area (Å²) in [6.45, 7) is 0.0486. The average molecular weight is 171 g/mol. The lowest BCUT2D eigenvalue weighted by Crippen LogP contribution is -2.20. The highest BCUT2D eigenvalue weighted by molar-refractivity contribution is 7.13. The highest BCUT2D eigenvalue weighted by Crippen LogP contribution is 2.15. The van der Waals surface area contributed by atoms with Crippen LogP contribution in [0.15, 0.2) is 12.1 Å². The van der Waals surface area contributed by atoms with Crippen molar-refractivity contribution in [1.29, 1.82) is 0 Å². The Kier molecular flexibility index (Phi) is 2.62. The van der Waals surface area contributed by atoms with Crippen molar-refractivity contribution >= 4 is 17.3 Å². The molecule has 1 aromatic heterocycles. The van der Waals surface area contributed by atoms with E-state index in [1.54, 1.807) is 6.07 Å². The summed E-state index contributed by atoms with van der Waals surface area (Å²) in [7, 11) is 0. The quantitative estimate of drug-likeness (QED) is 0.676. The minimum absolute atomic E-state index is 0.0486. The number of aliphatic hydroxyl groups is 1. The van der Waals surface area contributed by atoms with Gasteiger partial charge in [-0.1, -0.05) is 0 Å². The van der Waals surface area contributed by atoms with E-state index < -0.39 is 5.97 Å². The third kappa shape index (κ3) is 2.03. The zero-order chi connectivity index (χ0) is 8.27. The molecule has 1 rings (SSSR count). The Morgan fingerprint density at radius 1 is 1.64 bits per heavy atom. The van der Waals surface area contributed by atoms with Gasteiger partial charge in [0.05, 0.1) is 10.8 Å². The number of rotatable bonds is 3. The Balaban J connectivity index is 2.73. The molecule has 1 heterocycles. The summed E-state index contributed by atoms with van der Waals surface area (Å²) in [6, 6.07) is 3.18. The molecule has 1 N–H and O–H groups in total. The maximum atomic E-state index is 10.3. The predicted octanol–water partition coefficient (Wildman–Crippen LogP) is -0.354. The third-order valence-electron chi connectivity index (χ3n) is 1.22. The topological polar surface area (TPSA) is 60.4 Å². The van der Waals surface area contributed by atoms with Crippen molar-refractivity contribution < 1.29 is 15.0 Å². The number of aliphatic hydroxyl groups excluding tert-OH is 1. The number of thiophene rings is 1. The van der Waals surface area contributed by atoms with Crippen molar-refractivity contribution in [2.24, 2.45) is 0 Å². The molecule has 0 aliphatic heterocycles. The lowest BCUT2D eigenvalue weighted by Gasteiger charge is -1.93. The SMILES string of the molecule is O=C([O-])c1ccc(CCO)s1. The summed E-state index contributed by atoms with van der Waals surface area (Å²) in [6.07, 6.45) is 0.512. The highest BCUT2D eigenvalue weighted by Gasteiger charge is 1.98. The second-order valence-corrected chi connectivity index (χ2v) is 3.20. The second-order valence-electron chi connectivity index (χ2n) is 2.03. The second kappa shape index (κ2) is 3.50. The zero-order valence-corrected chi connectivity index (χ0v) is 6.56. The molecule has 0 radical (unpaired) electrons. The van der Waals surface area contributed by atoms with E-state index in [0.717, 1.165) is 16.2 Å². The first kappa shape index (κ1) is 8.23. The van der Waals surface area contributed by atoms with Crippen molar-refractivity contribution in [1.82, 2.24) is 0 Å². The number of hydrogen-bond acceptors (Lipinski definition) is 4. The molecule has 60 valence electrons. The van der Waals surface area contributed by atoms with E-state index in [4.69, 9.17) is 5.11 Å².